The normalized spacial score (nSPS) is 15.8. The van der Waals surface area contributed by atoms with Crippen molar-refractivity contribution in [3.8, 4) is 5.75 Å². The Morgan fingerprint density at radius 2 is 1.83 bits per heavy atom. The molecule has 1 aliphatic rings. The fourth-order valence-corrected chi connectivity index (χ4v) is 5.09. The topological polar surface area (TPSA) is 75.7 Å². The van der Waals surface area contributed by atoms with Crippen molar-refractivity contribution in [2.75, 3.05) is 19.7 Å². The van der Waals surface area contributed by atoms with Crippen molar-refractivity contribution in [2.45, 2.75) is 38.5 Å². The molecule has 3 rings (SSSR count). The number of carbonyl (C=O) groups is 1. The second-order valence-electron chi connectivity index (χ2n) is 7.30. The Morgan fingerprint density at radius 1 is 1.14 bits per heavy atom. The van der Waals surface area contributed by atoms with Gasteiger partial charge in [0.15, 0.2) is 0 Å². The number of rotatable bonds is 7. The number of hydrogen-bond acceptors (Lipinski definition) is 4. The summed E-state index contributed by atoms with van der Waals surface area (Å²) in [7, 11) is -3.35. The molecule has 1 aliphatic heterocycles. The molecule has 156 valence electrons. The van der Waals surface area contributed by atoms with Gasteiger partial charge < -0.3 is 10.1 Å². The van der Waals surface area contributed by atoms with Gasteiger partial charge in [0.1, 0.15) is 5.75 Å². The zero-order chi connectivity index (χ0) is 20.9. The van der Waals surface area contributed by atoms with Gasteiger partial charge in [-0.15, -0.1) is 0 Å². The summed E-state index contributed by atoms with van der Waals surface area (Å²) in [6.07, 6.45) is 1.21. The third-order valence-corrected chi connectivity index (χ3v) is 6.96. The highest BCUT2D eigenvalue weighted by molar-refractivity contribution is 7.88. The van der Waals surface area contributed by atoms with Gasteiger partial charge in [0.25, 0.3) is 5.91 Å². The monoisotopic (exact) mass is 416 g/mol. The summed E-state index contributed by atoms with van der Waals surface area (Å²) in [4.78, 5) is 12.6. The van der Waals surface area contributed by atoms with Crippen LogP contribution in [0.5, 0.6) is 5.75 Å². The first-order valence-corrected chi connectivity index (χ1v) is 11.6. The Morgan fingerprint density at radius 3 is 2.45 bits per heavy atom. The fraction of sp³-hybridized carbons (Fsp3) is 0.409. The minimum atomic E-state index is -3.35. The molecule has 1 N–H and O–H groups in total. The van der Waals surface area contributed by atoms with Crippen LogP contribution in [0.25, 0.3) is 0 Å². The molecule has 6 nitrogen and oxygen atoms in total. The lowest BCUT2D eigenvalue weighted by Crippen LogP contribution is -2.46. The lowest BCUT2D eigenvalue weighted by molar-refractivity contribution is 0.0923. The fourth-order valence-electron chi connectivity index (χ4n) is 3.53. The summed E-state index contributed by atoms with van der Waals surface area (Å²) in [6.45, 7) is 5.26. The maximum Gasteiger partial charge on any atom is 0.251 e. The molecule has 7 heteroatoms. The van der Waals surface area contributed by atoms with Crippen molar-refractivity contribution in [1.29, 1.82) is 0 Å². The number of benzene rings is 2. The van der Waals surface area contributed by atoms with Crippen molar-refractivity contribution in [1.82, 2.24) is 9.62 Å². The first-order chi connectivity index (χ1) is 13.9. The van der Waals surface area contributed by atoms with Crippen molar-refractivity contribution in [3.63, 3.8) is 0 Å². The molecular formula is C22H28N2O4S. The molecule has 29 heavy (non-hydrogen) atoms. The van der Waals surface area contributed by atoms with Crippen LogP contribution >= 0.6 is 0 Å². The molecule has 1 fully saturated rings. The number of sulfonamides is 1. The summed E-state index contributed by atoms with van der Waals surface area (Å²) in [5, 5.41) is 3.03. The van der Waals surface area contributed by atoms with Gasteiger partial charge in [0, 0.05) is 24.7 Å². The third-order valence-electron chi connectivity index (χ3n) is 5.11. The van der Waals surface area contributed by atoms with E-state index < -0.39 is 10.0 Å². The van der Waals surface area contributed by atoms with Crippen molar-refractivity contribution >= 4 is 15.9 Å². The van der Waals surface area contributed by atoms with Crippen molar-refractivity contribution < 1.29 is 17.9 Å². The zero-order valence-electron chi connectivity index (χ0n) is 16.9. The molecule has 0 saturated carbocycles. The second kappa shape index (κ2) is 9.41. The Labute approximate surface area is 172 Å². The quantitative estimate of drug-likeness (QED) is 0.752. The van der Waals surface area contributed by atoms with Crippen molar-refractivity contribution in [3.05, 3.63) is 65.2 Å². The van der Waals surface area contributed by atoms with E-state index in [0.717, 1.165) is 16.9 Å². The van der Waals surface area contributed by atoms with Crippen molar-refractivity contribution in [2.24, 2.45) is 0 Å². The molecule has 0 aromatic heterocycles. The van der Waals surface area contributed by atoms with Crippen LogP contribution in [0.2, 0.25) is 0 Å². The highest BCUT2D eigenvalue weighted by atomic mass is 32.2. The number of aryl methyl sites for hydroxylation is 1. The molecule has 0 unspecified atom stereocenters. The molecule has 0 atom stereocenters. The van der Waals surface area contributed by atoms with E-state index in [4.69, 9.17) is 4.74 Å². The number of nitrogens with zero attached hydrogens (tertiary/aromatic N) is 1. The molecule has 0 bridgehead atoms. The SMILES string of the molecule is CCOc1ccc(C(=O)NC2CCN(S(=O)(=O)Cc3ccccc3)CC2)cc1C. The largest absolute Gasteiger partial charge is 0.494 e. The summed E-state index contributed by atoms with van der Waals surface area (Å²) >= 11 is 0. The molecule has 1 heterocycles. The average Bonchev–Trinajstić information content (AvgIpc) is 2.70. The molecular weight excluding hydrogens is 388 g/mol. The van der Waals surface area contributed by atoms with E-state index >= 15 is 0 Å². The van der Waals surface area contributed by atoms with E-state index in [0.29, 0.717) is 38.1 Å². The molecule has 2 aromatic rings. The standard InChI is InChI=1S/C22H28N2O4S/c1-3-28-21-10-9-19(15-17(21)2)22(25)23-20-11-13-24(14-12-20)29(26,27)16-18-7-5-4-6-8-18/h4-10,15,20H,3,11-14,16H2,1-2H3,(H,23,25). The maximum atomic E-state index is 12.7. The van der Waals surface area contributed by atoms with Crippen LogP contribution in [0.1, 0.15) is 41.3 Å². The lowest BCUT2D eigenvalue weighted by Gasteiger charge is -2.31. The van der Waals surface area contributed by atoms with Gasteiger partial charge in [0.05, 0.1) is 12.4 Å². The van der Waals surface area contributed by atoms with E-state index in [2.05, 4.69) is 5.32 Å². The highest BCUT2D eigenvalue weighted by Crippen LogP contribution is 2.21. The van der Waals surface area contributed by atoms with Gasteiger partial charge in [-0.3, -0.25) is 4.79 Å². The number of hydrogen-bond donors (Lipinski definition) is 1. The summed E-state index contributed by atoms with van der Waals surface area (Å²) in [6, 6.07) is 14.6. The number of ether oxygens (including phenoxy) is 1. The summed E-state index contributed by atoms with van der Waals surface area (Å²) in [5.41, 5.74) is 2.29. The molecule has 1 amide bonds. The van der Waals surface area contributed by atoms with Gasteiger partial charge in [-0.05, 0) is 56.0 Å². The number of amides is 1. The zero-order valence-corrected chi connectivity index (χ0v) is 17.7. The van der Waals surface area contributed by atoms with Crippen LogP contribution in [0.4, 0.5) is 0 Å². The molecule has 0 radical (unpaired) electrons. The van der Waals surface area contributed by atoms with Crippen LogP contribution in [0.3, 0.4) is 0 Å². The van der Waals surface area contributed by atoms with E-state index in [-0.39, 0.29) is 17.7 Å². The molecule has 1 saturated heterocycles. The van der Waals surface area contributed by atoms with E-state index in [1.165, 1.54) is 4.31 Å². The van der Waals surface area contributed by atoms with E-state index in [1.807, 2.05) is 56.3 Å². The third kappa shape index (κ3) is 5.58. The summed E-state index contributed by atoms with van der Waals surface area (Å²) < 4.78 is 32.4. The molecule has 0 aliphatic carbocycles. The van der Waals surface area contributed by atoms with Gasteiger partial charge in [-0.2, -0.15) is 0 Å². The van der Waals surface area contributed by atoms with Gasteiger partial charge in [0.2, 0.25) is 10.0 Å². The maximum absolute atomic E-state index is 12.7. The van der Waals surface area contributed by atoms with Crippen LogP contribution in [-0.2, 0) is 15.8 Å². The van der Waals surface area contributed by atoms with E-state index in [1.54, 1.807) is 6.07 Å². The van der Waals surface area contributed by atoms with Crippen LogP contribution in [0, 0.1) is 6.92 Å². The average molecular weight is 417 g/mol. The lowest BCUT2D eigenvalue weighted by atomic mass is 10.1. The Bertz CT molecular complexity index is 937. The Kier molecular flexibility index (Phi) is 6.92. The Balaban J connectivity index is 1.54. The first-order valence-electron chi connectivity index (χ1n) is 9.95. The number of nitrogens with one attached hydrogen (secondary N) is 1. The molecule has 0 spiro atoms. The van der Waals surface area contributed by atoms with Crippen LogP contribution in [0.15, 0.2) is 48.5 Å². The smallest absolute Gasteiger partial charge is 0.251 e. The van der Waals surface area contributed by atoms with Gasteiger partial charge in [-0.25, -0.2) is 12.7 Å². The predicted octanol–water partition coefficient (Wildman–Crippen LogP) is 3.12. The Hall–Kier alpha value is -2.38. The number of piperidine rings is 1. The predicted molar refractivity (Wildman–Crippen MR) is 113 cm³/mol. The van der Waals surface area contributed by atoms with E-state index in [9.17, 15) is 13.2 Å². The molecule has 2 aromatic carbocycles. The second-order valence-corrected chi connectivity index (χ2v) is 9.27. The summed E-state index contributed by atoms with van der Waals surface area (Å²) in [5.74, 6) is 0.652. The van der Waals surface area contributed by atoms with Gasteiger partial charge >= 0.3 is 0 Å². The minimum absolute atomic E-state index is 0.0102. The van der Waals surface area contributed by atoms with Gasteiger partial charge in [-0.1, -0.05) is 30.3 Å². The minimum Gasteiger partial charge on any atom is -0.494 e. The van der Waals surface area contributed by atoms with Crippen LogP contribution < -0.4 is 10.1 Å². The number of carbonyl (C=O) groups excluding carboxylic acids is 1. The first kappa shape index (κ1) is 21.3. The highest BCUT2D eigenvalue weighted by Gasteiger charge is 2.29. The van der Waals surface area contributed by atoms with Crippen LogP contribution in [-0.4, -0.2) is 44.4 Å².